The Bertz CT molecular complexity index is 464. The molecule has 104 valence electrons. The van der Waals surface area contributed by atoms with Crippen molar-refractivity contribution in [2.75, 3.05) is 13.1 Å². The first-order chi connectivity index (χ1) is 9.20. The summed E-state index contributed by atoms with van der Waals surface area (Å²) in [7, 11) is 0. The van der Waals surface area contributed by atoms with E-state index in [0.29, 0.717) is 5.69 Å². The van der Waals surface area contributed by atoms with E-state index in [4.69, 9.17) is 0 Å². The second-order valence-electron chi connectivity index (χ2n) is 4.99. The molecule has 0 unspecified atom stereocenters. The molecule has 0 spiro atoms. The maximum atomic E-state index is 12.3. The molecule has 0 saturated carbocycles. The number of thiazole rings is 1. The number of aryl methyl sites for hydroxylation is 1. The Kier molecular flexibility index (Phi) is 5.14. The Balaban J connectivity index is 1.92. The van der Waals surface area contributed by atoms with E-state index < -0.39 is 0 Å². The largest absolute Gasteiger partial charge is 0.337 e. The van der Waals surface area contributed by atoms with Gasteiger partial charge in [0.2, 0.25) is 0 Å². The van der Waals surface area contributed by atoms with Crippen LogP contribution >= 0.6 is 11.3 Å². The van der Waals surface area contributed by atoms with Crippen molar-refractivity contribution in [1.29, 1.82) is 0 Å². The zero-order chi connectivity index (χ0) is 13.7. The predicted octanol–water partition coefficient (Wildman–Crippen LogP) is 3.80. The molecule has 1 heterocycles. The summed E-state index contributed by atoms with van der Waals surface area (Å²) in [6.45, 7) is 5.54. The molecule has 0 radical (unpaired) electrons. The van der Waals surface area contributed by atoms with Gasteiger partial charge < -0.3 is 4.90 Å². The van der Waals surface area contributed by atoms with E-state index in [1.807, 2.05) is 24.1 Å². The van der Waals surface area contributed by atoms with Crippen molar-refractivity contribution in [3.8, 4) is 0 Å². The molecule has 0 N–H and O–H groups in total. The monoisotopic (exact) mass is 278 g/mol. The van der Waals surface area contributed by atoms with Crippen LogP contribution in [0.1, 0.15) is 54.5 Å². The van der Waals surface area contributed by atoms with E-state index in [0.717, 1.165) is 24.5 Å². The number of carbonyl (C=O) groups is 1. The molecule has 1 aromatic heterocycles. The predicted molar refractivity (Wildman–Crippen MR) is 79.6 cm³/mol. The van der Waals surface area contributed by atoms with Gasteiger partial charge >= 0.3 is 0 Å². The molecule has 0 aromatic carbocycles. The van der Waals surface area contributed by atoms with Gasteiger partial charge in [-0.25, -0.2) is 4.98 Å². The second kappa shape index (κ2) is 6.85. The van der Waals surface area contributed by atoms with Gasteiger partial charge in [-0.1, -0.05) is 11.6 Å². The molecule has 0 atom stereocenters. The van der Waals surface area contributed by atoms with E-state index in [1.54, 1.807) is 0 Å². The molecule has 0 bridgehead atoms. The first-order valence-corrected chi connectivity index (χ1v) is 7.98. The standard InChI is InChI=1S/C15H22N2OS/c1-3-17(10-9-13-7-5-4-6-8-13)15(18)14-11-19-12(2)16-14/h7,11H,3-6,8-10H2,1-2H3. The molecular weight excluding hydrogens is 256 g/mol. The summed E-state index contributed by atoms with van der Waals surface area (Å²) in [6, 6.07) is 0. The molecule has 19 heavy (non-hydrogen) atoms. The van der Waals surface area contributed by atoms with Crippen LogP contribution in [0.5, 0.6) is 0 Å². The Morgan fingerprint density at radius 1 is 1.47 bits per heavy atom. The lowest BCUT2D eigenvalue weighted by molar-refractivity contribution is 0.0760. The fourth-order valence-corrected chi connectivity index (χ4v) is 3.02. The quantitative estimate of drug-likeness (QED) is 0.767. The van der Waals surface area contributed by atoms with Gasteiger partial charge in [0.15, 0.2) is 0 Å². The number of rotatable bonds is 5. The highest BCUT2D eigenvalue weighted by Gasteiger charge is 2.17. The van der Waals surface area contributed by atoms with Crippen LogP contribution in [0.15, 0.2) is 17.0 Å². The number of hydrogen-bond acceptors (Lipinski definition) is 3. The molecule has 0 fully saturated rings. The highest BCUT2D eigenvalue weighted by atomic mass is 32.1. The Hall–Kier alpha value is -1.16. The lowest BCUT2D eigenvalue weighted by Gasteiger charge is -2.21. The summed E-state index contributed by atoms with van der Waals surface area (Å²) in [4.78, 5) is 18.5. The maximum absolute atomic E-state index is 12.3. The molecule has 1 aliphatic rings. The zero-order valence-corrected chi connectivity index (χ0v) is 12.6. The van der Waals surface area contributed by atoms with Crippen LogP contribution in [0.3, 0.4) is 0 Å². The number of aromatic nitrogens is 1. The molecule has 2 rings (SSSR count). The Morgan fingerprint density at radius 3 is 2.89 bits per heavy atom. The first-order valence-electron chi connectivity index (χ1n) is 7.10. The van der Waals surface area contributed by atoms with Crippen molar-refractivity contribution in [1.82, 2.24) is 9.88 Å². The fraction of sp³-hybridized carbons (Fsp3) is 0.600. The van der Waals surface area contributed by atoms with Gasteiger partial charge in [-0.05, 0) is 46.0 Å². The Morgan fingerprint density at radius 2 is 2.32 bits per heavy atom. The van der Waals surface area contributed by atoms with Crippen molar-refractivity contribution in [3.05, 3.63) is 27.7 Å². The van der Waals surface area contributed by atoms with Crippen molar-refractivity contribution >= 4 is 17.2 Å². The number of nitrogens with zero attached hydrogens (tertiary/aromatic N) is 2. The minimum atomic E-state index is 0.0725. The van der Waals surface area contributed by atoms with Crippen LogP contribution in [-0.2, 0) is 0 Å². The fourth-order valence-electron chi connectivity index (χ4n) is 2.44. The molecule has 0 aliphatic heterocycles. The maximum Gasteiger partial charge on any atom is 0.273 e. The van der Waals surface area contributed by atoms with E-state index >= 15 is 0 Å². The highest BCUT2D eigenvalue weighted by Crippen LogP contribution is 2.20. The van der Waals surface area contributed by atoms with Crippen LogP contribution in [0.25, 0.3) is 0 Å². The topological polar surface area (TPSA) is 33.2 Å². The molecule has 0 saturated heterocycles. The van der Waals surface area contributed by atoms with Gasteiger partial charge in [-0.2, -0.15) is 0 Å². The van der Waals surface area contributed by atoms with Crippen LogP contribution in [0, 0.1) is 6.92 Å². The highest BCUT2D eigenvalue weighted by molar-refractivity contribution is 7.09. The van der Waals surface area contributed by atoms with Gasteiger partial charge in [0.05, 0.1) is 5.01 Å². The zero-order valence-electron chi connectivity index (χ0n) is 11.8. The lowest BCUT2D eigenvalue weighted by Crippen LogP contribution is -2.32. The second-order valence-corrected chi connectivity index (χ2v) is 6.06. The third kappa shape index (κ3) is 3.90. The molecule has 1 amide bonds. The van der Waals surface area contributed by atoms with Gasteiger partial charge in [0, 0.05) is 18.5 Å². The third-order valence-electron chi connectivity index (χ3n) is 3.59. The average molecular weight is 278 g/mol. The molecular formula is C15H22N2OS. The van der Waals surface area contributed by atoms with E-state index in [1.165, 1.54) is 42.6 Å². The lowest BCUT2D eigenvalue weighted by atomic mass is 9.97. The van der Waals surface area contributed by atoms with Gasteiger partial charge in [-0.3, -0.25) is 4.79 Å². The number of carbonyl (C=O) groups excluding carboxylic acids is 1. The van der Waals surface area contributed by atoms with E-state index in [9.17, 15) is 4.79 Å². The van der Waals surface area contributed by atoms with Crippen molar-refractivity contribution in [2.24, 2.45) is 0 Å². The van der Waals surface area contributed by atoms with Crippen molar-refractivity contribution in [2.45, 2.75) is 46.0 Å². The van der Waals surface area contributed by atoms with Gasteiger partial charge in [0.1, 0.15) is 5.69 Å². The van der Waals surface area contributed by atoms with E-state index in [-0.39, 0.29) is 5.91 Å². The van der Waals surface area contributed by atoms with Gasteiger partial charge in [-0.15, -0.1) is 11.3 Å². The average Bonchev–Trinajstić information content (AvgIpc) is 2.87. The first kappa shape index (κ1) is 14.3. The van der Waals surface area contributed by atoms with Crippen molar-refractivity contribution in [3.63, 3.8) is 0 Å². The number of hydrogen-bond donors (Lipinski definition) is 0. The van der Waals surface area contributed by atoms with Gasteiger partial charge in [0.25, 0.3) is 5.91 Å². The van der Waals surface area contributed by atoms with Crippen LogP contribution < -0.4 is 0 Å². The minimum Gasteiger partial charge on any atom is -0.337 e. The molecule has 1 aliphatic carbocycles. The summed E-state index contributed by atoms with van der Waals surface area (Å²) >= 11 is 1.54. The Labute approximate surface area is 119 Å². The molecule has 3 nitrogen and oxygen atoms in total. The van der Waals surface area contributed by atoms with E-state index in [2.05, 4.69) is 11.1 Å². The van der Waals surface area contributed by atoms with Crippen molar-refractivity contribution < 1.29 is 4.79 Å². The normalized spacial score (nSPS) is 15.2. The summed E-state index contributed by atoms with van der Waals surface area (Å²) in [6.07, 6.45) is 8.41. The SMILES string of the molecule is CCN(CCC1=CCCCC1)C(=O)c1csc(C)n1. The third-order valence-corrected chi connectivity index (χ3v) is 4.37. The van der Waals surface area contributed by atoms with Crippen LogP contribution in [-0.4, -0.2) is 28.9 Å². The molecule has 1 aromatic rings. The molecule has 4 heteroatoms. The number of amides is 1. The summed E-state index contributed by atoms with van der Waals surface area (Å²) in [5.41, 5.74) is 2.12. The van der Waals surface area contributed by atoms with Crippen LogP contribution in [0.2, 0.25) is 0 Å². The smallest absolute Gasteiger partial charge is 0.273 e. The summed E-state index contributed by atoms with van der Waals surface area (Å²) in [5, 5.41) is 2.81. The summed E-state index contributed by atoms with van der Waals surface area (Å²) < 4.78 is 0. The summed E-state index contributed by atoms with van der Waals surface area (Å²) in [5.74, 6) is 0.0725. The minimum absolute atomic E-state index is 0.0725. The number of allylic oxidation sites excluding steroid dienone is 1. The van der Waals surface area contributed by atoms with Crippen LogP contribution in [0.4, 0.5) is 0 Å².